The molecule has 0 radical (unpaired) electrons. The number of nitrogens with one attached hydrogen (secondary N) is 1. The van der Waals surface area contributed by atoms with Crippen molar-refractivity contribution in [1.29, 1.82) is 0 Å². The summed E-state index contributed by atoms with van der Waals surface area (Å²) in [6.07, 6.45) is 1.36. The number of hydrogen-bond acceptors (Lipinski definition) is 3. The first-order chi connectivity index (χ1) is 9.09. The molecule has 0 unspecified atom stereocenters. The Balaban J connectivity index is 2.04. The lowest BCUT2D eigenvalue weighted by Gasteiger charge is -2.10. The van der Waals surface area contributed by atoms with E-state index in [0.29, 0.717) is 12.7 Å². The fourth-order valence-corrected chi connectivity index (χ4v) is 2.12. The van der Waals surface area contributed by atoms with Crippen molar-refractivity contribution in [2.45, 2.75) is 33.3 Å². The number of benzene rings is 1. The minimum absolute atomic E-state index is 0.323. The van der Waals surface area contributed by atoms with Gasteiger partial charge in [-0.1, -0.05) is 15.9 Å². The number of halogens is 1. The van der Waals surface area contributed by atoms with Gasteiger partial charge in [-0.15, -0.1) is 0 Å². The normalized spacial score (nSPS) is 11.0. The van der Waals surface area contributed by atoms with Gasteiger partial charge in [0.2, 0.25) is 0 Å². The molecule has 1 aromatic rings. The number of rotatable bonds is 9. The van der Waals surface area contributed by atoms with Crippen molar-refractivity contribution in [3.05, 3.63) is 28.2 Å². The average Bonchev–Trinajstić information content (AvgIpc) is 2.34. The van der Waals surface area contributed by atoms with E-state index in [-0.39, 0.29) is 0 Å². The van der Waals surface area contributed by atoms with Crippen LogP contribution in [0.25, 0.3) is 0 Å². The molecule has 0 aliphatic carbocycles. The quantitative estimate of drug-likeness (QED) is 0.703. The van der Waals surface area contributed by atoms with Crippen LogP contribution < -0.4 is 10.1 Å². The Labute approximate surface area is 124 Å². The first kappa shape index (κ1) is 16.5. The van der Waals surface area contributed by atoms with E-state index in [1.807, 2.05) is 12.1 Å². The van der Waals surface area contributed by atoms with Gasteiger partial charge in [-0.05, 0) is 57.5 Å². The SMILES string of the molecule is Cc1cc(Br)ccc1OCCNCCCOC(C)C. The van der Waals surface area contributed by atoms with E-state index in [1.165, 1.54) is 0 Å². The summed E-state index contributed by atoms with van der Waals surface area (Å²) >= 11 is 3.44. The summed E-state index contributed by atoms with van der Waals surface area (Å²) in [6, 6.07) is 6.06. The van der Waals surface area contributed by atoms with Crippen molar-refractivity contribution in [3.8, 4) is 5.75 Å². The van der Waals surface area contributed by atoms with Crippen molar-refractivity contribution in [3.63, 3.8) is 0 Å². The van der Waals surface area contributed by atoms with Crippen LogP contribution in [0.15, 0.2) is 22.7 Å². The van der Waals surface area contributed by atoms with Crippen molar-refractivity contribution in [1.82, 2.24) is 5.32 Å². The van der Waals surface area contributed by atoms with Crippen LogP contribution in [0.5, 0.6) is 5.75 Å². The van der Waals surface area contributed by atoms with Crippen molar-refractivity contribution in [2.75, 3.05) is 26.3 Å². The van der Waals surface area contributed by atoms with Crippen LogP contribution in [-0.2, 0) is 4.74 Å². The largest absolute Gasteiger partial charge is 0.492 e. The van der Waals surface area contributed by atoms with E-state index in [1.54, 1.807) is 0 Å². The Kier molecular flexibility index (Phi) is 8.10. The highest BCUT2D eigenvalue weighted by atomic mass is 79.9. The number of hydrogen-bond donors (Lipinski definition) is 1. The smallest absolute Gasteiger partial charge is 0.122 e. The van der Waals surface area contributed by atoms with Gasteiger partial charge in [-0.2, -0.15) is 0 Å². The van der Waals surface area contributed by atoms with E-state index in [9.17, 15) is 0 Å². The topological polar surface area (TPSA) is 30.5 Å². The number of aryl methyl sites for hydroxylation is 1. The Bertz CT molecular complexity index is 369. The van der Waals surface area contributed by atoms with E-state index in [4.69, 9.17) is 9.47 Å². The standard InChI is InChI=1S/C15H24BrNO2/c1-12(2)18-9-4-7-17-8-10-19-15-6-5-14(16)11-13(15)3/h5-6,11-12,17H,4,7-10H2,1-3H3. The van der Waals surface area contributed by atoms with Gasteiger partial charge in [-0.25, -0.2) is 0 Å². The summed E-state index contributed by atoms with van der Waals surface area (Å²) in [5.74, 6) is 0.952. The van der Waals surface area contributed by atoms with Crippen LogP contribution in [0.1, 0.15) is 25.8 Å². The summed E-state index contributed by atoms with van der Waals surface area (Å²) in [5, 5.41) is 3.35. The Morgan fingerprint density at radius 1 is 1.21 bits per heavy atom. The van der Waals surface area contributed by atoms with Crippen molar-refractivity contribution in [2.24, 2.45) is 0 Å². The van der Waals surface area contributed by atoms with Gasteiger partial charge in [0.25, 0.3) is 0 Å². The van der Waals surface area contributed by atoms with Gasteiger partial charge in [0.1, 0.15) is 12.4 Å². The predicted octanol–water partition coefficient (Wildman–Crippen LogP) is 3.54. The van der Waals surface area contributed by atoms with Crippen LogP contribution in [0, 0.1) is 6.92 Å². The molecule has 3 nitrogen and oxygen atoms in total. The van der Waals surface area contributed by atoms with Gasteiger partial charge in [0.05, 0.1) is 6.10 Å². The summed E-state index contributed by atoms with van der Waals surface area (Å²) in [6.45, 7) is 9.50. The first-order valence-electron chi connectivity index (χ1n) is 6.81. The summed E-state index contributed by atoms with van der Waals surface area (Å²) in [4.78, 5) is 0. The molecule has 1 aromatic carbocycles. The molecule has 0 aliphatic heterocycles. The monoisotopic (exact) mass is 329 g/mol. The van der Waals surface area contributed by atoms with Gasteiger partial charge in [-0.3, -0.25) is 0 Å². The van der Waals surface area contributed by atoms with Crippen molar-refractivity contribution < 1.29 is 9.47 Å². The molecule has 108 valence electrons. The molecule has 19 heavy (non-hydrogen) atoms. The zero-order valence-corrected chi connectivity index (χ0v) is 13.6. The van der Waals surface area contributed by atoms with E-state index >= 15 is 0 Å². The predicted molar refractivity (Wildman–Crippen MR) is 82.9 cm³/mol. The third-order valence-electron chi connectivity index (χ3n) is 2.62. The molecular formula is C15H24BrNO2. The van der Waals surface area contributed by atoms with Gasteiger partial charge in [0, 0.05) is 17.6 Å². The lowest BCUT2D eigenvalue weighted by Crippen LogP contribution is -2.23. The molecule has 0 saturated heterocycles. The zero-order valence-electron chi connectivity index (χ0n) is 12.0. The maximum Gasteiger partial charge on any atom is 0.122 e. The number of ether oxygens (including phenoxy) is 2. The van der Waals surface area contributed by atoms with Crippen molar-refractivity contribution >= 4 is 15.9 Å². The Morgan fingerprint density at radius 2 is 2.00 bits per heavy atom. The molecule has 1 N–H and O–H groups in total. The van der Waals surface area contributed by atoms with Crippen LogP contribution in [0.3, 0.4) is 0 Å². The summed E-state index contributed by atoms with van der Waals surface area (Å²) < 4.78 is 12.3. The molecule has 0 fully saturated rings. The molecule has 0 spiro atoms. The van der Waals surface area contributed by atoms with Crippen LogP contribution in [0.4, 0.5) is 0 Å². The molecule has 4 heteroatoms. The van der Waals surface area contributed by atoms with Crippen LogP contribution in [0.2, 0.25) is 0 Å². The molecule has 0 saturated carbocycles. The third-order valence-corrected chi connectivity index (χ3v) is 3.12. The Hall–Kier alpha value is -0.580. The van der Waals surface area contributed by atoms with Crippen LogP contribution in [-0.4, -0.2) is 32.4 Å². The lowest BCUT2D eigenvalue weighted by molar-refractivity contribution is 0.0770. The third kappa shape index (κ3) is 7.55. The molecule has 0 aromatic heterocycles. The second-order valence-corrected chi connectivity index (χ2v) is 5.70. The van der Waals surface area contributed by atoms with E-state index in [0.717, 1.165) is 41.9 Å². The van der Waals surface area contributed by atoms with Gasteiger partial charge >= 0.3 is 0 Å². The molecule has 0 heterocycles. The van der Waals surface area contributed by atoms with E-state index < -0.39 is 0 Å². The second-order valence-electron chi connectivity index (χ2n) is 4.78. The average molecular weight is 330 g/mol. The van der Waals surface area contributed by atoms with E-state index in [2.05, 4.69) is 48.1 Å². The molecule has 0 atom stereocenters. The zero-order chi connectivity index (χ0) is 14.1. The van der Waals surface area contributed by atoms with Crippen LogP contribution >= 0.6 is 15.9 Å². The molecule has 1 rings (SSSR count). The molecular weight excluding hydrogens is 306 g/mol. The molecule has 0 bridgehead atoms. The molecule has 0 aliphatic rings. The maximum absolute atomic E-state index is 5.72. The first-order valence-corrected chi connectivity index (χ1v) is 7.60. The highest BCUT2D eigenvalue weighted by Gasteiger charge is 1.99. The van der Waals surface area contributed by atoms with Gasteiger partial charge in [0.15, 0.2) is 0 Å². The Morgan fingerprint density at radius 3 is 2.68 bits per heavy atom. The lowest BCUT2D eigenvalue weighted by atomic mass is 10.2. The summed E-state index contributed by atoms with van der Waals surface area (Å²) in [7, 11) is 0. The minimum atomic E-state index is 0.323. The van der Waals surface area contributed by atoms with Gasteiger partial charge < -0.3 is 14.8 Å². The highest BCUT2D eigenvalue weighted by molar-refractivity contribution is 9.10. The fraction of sp³-hybridized carbons (Fsp3) is 0.600. The summed E-state index contributed by atoms with van der Waals surface area (Å²) in [5.41, 5.74) is 1.15. The highest BCUT2D eigenvalue weighted by Crippen LogP contribution is 2.21. The minimum Gasteiger partial charge on any atom is -0.492 e. The maximum atomic E-state index is 5.72. The molecule has 0 amide bonds. The fourth-order valence-electron chi connectivity index (χ4n) is 1.65. The second kappa shape index (κ2) is 9.34.